The van der Waals surface area contributed by atoms with E-state index in [4.69, 9.17) is 14.7 Å². The first-order valence-corrected chi connectivity index (χ1v) is 4.45. The summed E-state index contributed by atoms with van der Waals surface area (Å²) >= 11 is 0. The Bertz CT molecular complexity index is 379. The lowest BCUT2D eigenvalue weighted by atomic mass is 10.3. The Hall–Kier alpha value is -1.62. The van der Waals surface area contributed by atoms with Gasteiger partial charge in [-0.2, -0.15) is 4.98 Å². The van der Waals surface area contributed by atoms with Crippen LogP contribution in [-0.2, 0) is 13.0 Å². The van der Waals surface area contributed by atoms with Gasteiger partial charge in [-0.05, 0) is 12.1 Å². The van der Waals surface area contributed by atoms with Crippen molar-refractivity contribution in [3.05, 3.63) is 23.7 Å². The highest BCUT2D eigenvalue weighted by Crippen LogP contribution is 2.20. The third kappa shape index (κ3) is 1.54. The Balaban J connectivity index is 2.29. The fourth-order valence-corrected chi connectivity index (χ4v) is 1.12. The molecule has 2 N–H and O–H groups in total. The second-order valence-electron chi connectivity index (χ2n) is 2.84. The minimum Gasteiger partial charge on any atom is -0.456 e. The van der Waals surface area contributed by atoms with E-state index in [1.807, 2.05) is 19.1 Å². The van der Waals surface area contributed by atoms with Crippen molar-refractivity contribution in [3.8, 4) is 11.7 Å². The molecule has 0 amide bonds. The molecule has 5 nitrogen and oxygen atoms in total. The molecule has 0 saturated heterocycles. The molecule has 2 aromatic rings. The molecular formula is C9H11N3O2. The van der Waals surface area contributed by atoms with Crippen LogP contribution in [0.1, 0.15) is 18.5 Å². The molecule has 74 valence electrons. The fourth-order valence-electron chi connectivity index (χ4n) is 1.12. The first kappa shape index (κ1) is 8.96. The van der Waals surface area contributed by atoms with Crippen molar-refractivity contribution in [3.63, 3.8) is 0 Å². The number of nitrogens with zero attached hydrogens (tertiary/aromatic N) is 2. The molecule has 0 aliphatic carbocycles. The molecule has 0 bridgehead atoms. The molecule has 5 heteroatoms. The van der Waals surface area contributed by atoms with Gasteiger partial charge in [-0.25, -0.2) is 0 Å². The van der Waals surface area contributed by atoms with Crippen LogP contribution in [0.25, 0.3) is 11.7 Å². The van der Waals surface area contributed by atoms with E-state index in [-0.39, 0.29) is 6.54 Å². The molecule has 0 radical (unpaired) electrons. The maximum absolute atomic E-state index is 5.44. The van der Waals surface area contributed by atoms with E-state index in [0.29, 0.717) is 17.5 Å². The highest BCUT2D eigenvalue weighted by molar-refractivity contribution is 5.44. The lowest BCUT2D eigenvalue weighted by molar-refractivity contribution is 0.405. The molecule has 0 fully saturated rings. The molecule has 0 aliphatic rings. The summed E-state index contributed by atoms with van der Waals surface area (Å²) in [6, 6.07) is 3.70. The molecule has 0 atom stereocenters. The van der Waals surface area contributed by atoms with Crippen molar-refractivity contribution in [2.24, 2.45) is 5.73 Å². The van der Waals surface area contributed by atoms with Crippen molar-refractivity contribution in [2.75, 3.05) is 0 Å². The van der Waals surface area contributed by atoms with Gasteiger partial charge in [-0.3, -0.25) is 0 Å². The smallest absolute Gasteiger partial charge is 0.293 e. The SMILES string of the molecule is CCc1ccc(-c2nc(CN)no2)o1. The van der Waals surface area contributed by atoms with E-state index in [1.165, 1.54) is 0 Å². The minimum atomic E-state index is 0.269. The van der Waals surface area contributed by atoms with Gasteiger partial charge in [0.15, 0.2) is 11.6 Å². The minimum absolute atomic E-state index is 0.269. The average molecular weight is 193 g/mol. The maximum atomic E-state index is 5.44. The van der Waals surface area contributed by atoms with E-state index in [9.17, 15) is 0 Å². The van der Waals surface area contributed by atoms with E-state index in [2.05, 4.69) is 10.1 Å². The molecule has 0 unspecified atom stereocenters. The summed E-state index contributed by atoms with van der Waals surface area (Å²) < 4.78 is 10.4. The Morgan fingerprint density at radius 2 is 2.29 bits per heavy atom. The normalized spacial score (nSPS) is 10.7. The lowest BCUT2D eigenvalue weighted by Gasteiger charge is -1.87. The van der Waals surface area contributed by atoms with Gasteiger partial charge in [-0.1, -0.05) is 12.1 Å². The Labute approximate surface area is 80.9 Å². The molecular weight excluding hydrogens is 182 g/mol. The zero-order valence-corrected chi connectivity index (χ0v) is 7.86. The number of hydrogen-bond donors (Lipinski definition) is 1. The highest BCUT2D eigenvalue weighted by Gasteiger charge is 2.11. The van der Waals surface area contributed by atoms with E-state index in [0.717, 1.165) is 12.2 Å². The summed E-state index contributed by atoms with van der Waals surface area (Å²) in [7, 11) is 0. The van der Waals surface area contributed by atoms with E-state index >= 15 is 0 Å². The van der Waals surface area contributed by atoms with Crippen LogP contribution in [-0.4, -0.2) is 10.1 Å². The predicted molar refractivity (Wildman–Crippen MR) is 49.3 cm³/mol. The van der Waals surface area contributed by atoms with Gasteiger partial charge >= 0.3 is 0 Å². The van der Waals surface area contributed by atoms with Gasteiger partial charge in [0.25, 0.3) is 5.89 Å². The largest absolute Gasteiger partial charge is 0.456 e. The van der Waals surface area contributed by atoms with Gasteiger partial charge in [0.2, 0.25) is 0 Å². The molecule has 14 heavy (non-hydrogen) atoms. The topological polar surface area (TPSA) is 78.1 Å². The number of hydrogen-bond acceptors (Lipinski definition) is 5. The van der Waals surface area contributed by atoms with Gasteiger partial charge in [0.05, 0.1) is 6.54 Å². The number of nitrogens with two attached hydrogens (primary N) is 1. The zero-order chi connectivity index (χ0) is 9.97. The first-order valence-electron chi connectivity index (χ1n) is 4.45. The summed E-state index contributed by atoms with van der Waals surface area (Å²) in [4.78, 5) is 4.05. The molecule has 2 rings (SSSR count). The van der Waals surface area contributed by atoms with Crippen molar-refractivity contribution < 1.29 is 8.94 Å². The molecule has 2 heterocycles. The van der Waals surface area contributed by atoms with Crippen molar-refractivity contribution in [1.82, 2.24) is 10.1 Å². The van der Waals surface area contributed by atoms with Crippen LogP contribution < -0.4 is 5.73 Å². The number of furan rings is 1. The maximum Gasteiger partial charge on any atom is 0.293 e. The number of aryl methyl sites for hydroxylation is 1. The Morgan fingerprint density at radius 3 is 2.86 bits per heavy atom. The molecule has 2 aromatic heterocycles. The summed E-state index contributed by atoms with van der Waals surface area (Å²) in [6.07, 6.45) is 0.845. The lowest BCUT2D eigenvalue weighted by Crippen LogP contribution is -1.97. The van der Waals surface area contributed by atoms with Gasteiger partial charge in [0, 0.05) is 6.42 Å². The zero-order valence-electron chi connectivity index (χ0n) is 7.86. The van der Waals surface area contributed by atoms with Gasteiger partial charge in [-0.15, -0.1) is 0 Å². The standard InChI is InChI=1S/C9H11N3O2/c1-2-6-3-4-7(13-6)9-11-8(5-10)12-14-9/h3-4H,2,5,10H2,1H3. The third-order valence-electron chi connectivity index (χ3n) is 1.87. The third-order valence-corrected chi connectivity index (χ3v) is 1.87. The van der Waals surface area contributed by atoms with Crippen LogP contribution >= 0.6 is 0 Å². The summed E-state index contributed by atoms with van der Waals surface area (Å²) in [6.45, 7) is 2.28. The van der Waals surface area contributed by atoms with Crippen LogP contribution in [0.15, 0.2) is 21.1 Å². The van der Waals surface area contributed by atoms with Crippen LogP contribution in [0.2, 0.25) is 0 Å². The van der Waals surface area contributed by atoms with E-state index < -0.39 is 0 Å². The molecule has 0 aromatic carbocycles. The molecule has 0 aliphatic heterocycles. The summed E-state index contributed by atoms with van der Waals surface area (Å²) in [5.41, 5.74) is 5.36. The molecule has 0 saturated carbocycles. The summed E-state index contributed by atoms with van der Waals surface area (Å²) in [5.74, 6) is 2.35. The second kappa shape index (κ2) is 3.63. The highest BCUT2D eigenvalue weighted by atomic mass is 16.5. The van der Waals surface area contributed by atoms with Crippen molar-refractivity contribution in [2.45, 2.75) is 19.9 Å². The monoisotopic (exact) mass is 193 g/mol. The number of rotatable bonds is 3. The Kier molecular flexibility index (Phi) is 2.32. The van der Waals surface area contributed by atoms with Crippen molar-refractivity contribution >= 4 is 0 Å². The van der Waals surface area contributed by atoms with Crippen LogP contribution in [0, 0.1) is 0 Å². The predicted octanol–water partition coefficient (Wildman–Crippen LogP) is 1.35. The number of aromatic nitrogens is 2. The van der Waals surface area contributed by atoms with E-state index in [1.54, 1.807) is 0 Å². The van der Waals surface area contributed by atoms with Crippen molar-refractivity contribution in [1.29, 1.82) is 0 Å². The quantitative estimate of drug-likeness (QED) is 0.796. The van der Waals surface area contributed by atoms with Crippen LogP contribution in [0.5, 0.6) is 0 Å². The first-order chi connectivity index (χ1) is 6.83. The van der Waals surface area contributed by atoms with Gasteiger partial charge in [0.1, 0.15) is 5.76 Å². The van der Waals surface area contributed by atoms with Gasteiger partial charge < -0.3 is 14.7 Å². The molecule has 0 spiro atoms. The van der Waals surface area contributed by atoms with Crippen LogP contribution in [0.4, 0.5) is 0 Å². The summed E-state index contributed by atoms with van der Waals surface area (Å²) in [5, 5.41) is 3.68. The second-order valence-corrected chi connectivity index (χ2v) is 2.84. The fraction of sp³-hybridized carbons (Fsp3) is 0.333. The Morgan fingerprint density at radius 1 is 1.43 bits per heavy atom. The van der Waals surface area contributed by atoms with Crippen LogP contribution in [0.3, 0.4) is 0 Å². The average Bonchev–Trinajstić information content (AvgIpc) is 2.86.